The molecule has 0 saturated carbocycles. The molecule has 2 heterocycles. The van der Waals surface area contributed by atoms with Crippen LogP contribution in [-0.4, -0.2) is 60.6 Å². The van der Waals surface area contributed by atoms with Crippen molar-refractivity contribution in [2.24, 2.45) is 0 Å². The summed E-state index contributed by atoms with van der Waals surface area (Å²) in [5.41, 5.74) is 1.56. The van der Waals surface area contributed by atoms with Gasteiger partial charge in [-0.25, -0.2) is 8.42 Å². The molecule has 1 aliphatic heterocycles. The number of thiazole rings is 1. The third-order valence-electron chi connectivity index (χ3n) is 4.99. The van der Waals surface area contributed by atoms with Crippen LogP contribution in [0.15, 0.2) is 52.2 Å². The molecular formula is C20H20N4O5S2. The summed E-state index contributed by atoms with van der Waals surface area (Å²) in [5, 5.41) is 2.64. The maximum Gasteiger partial charge on any atom is 0.305 e. The van der Waals surface area contributed by atoms with Gasteiger partial charge in [-0.2, -0.15) is 4.31 Å². The minimum atomic E-state index is -3.74. The first-order valence-electron chi connectivity index (χ1n) is 9.54. The standard InChI is InChI=1S/C20H20N4O5S2/c1-13(25)21-15-4-2-3-14(11-15)19(26)23-7-9-24(10-8-23)31(28,29)16-5-6-17-18(12-16)30-20(27)22-17/h2-6,11-12H,7-10H2,1H3,(H,21,25)(H,22,27). The van der Waals surface area contributed by atoms with Crippen molar-refractivity contribution >= 4 is 49.1 Å². The summed E-state index contributed by atoms with van der Waals surface area (Å²) in [6, 6.07) is 11.2. The van der Waals surface area contributed by atoms with E-state index in [1.807, 2.05) is 0 Å². The van der Waals surface area contributed by atoms with E-state index in [0.717, 1.165) is 11.3 Å². The number of nitrogens with one attached hydrogen (secondary N) is 2. The summed E-state index contributed by atoms with van der Waals surface area (Å²) in [6.45, 7) is 2.23. The number of aromatic nitrogens is 1. The van der Waals surface area contributed by atoms with Crippen LogP contribution in [0.25, 0.3) is 10.2 Å². The number of nitrogens with zero attached hydrogens (tertiary/aromatic N) is 2. The van der Waals surface area contributed by atoms with E-state index < -0.39 is 10.0 Å². The molecule has 0 atom stereocenters. The van der Waals surface area contributed by atoms with E-state index >= 15 is 0 Å². The minimum Gasteiger partial charge on any atom is -0.336 e. The number of hydrogen-bond donors (Lipinski definition) is 2. The van der Waals surface area contributed by atoms with Gasteiger partial charge in [-0.1, -0.05) is 17.4 Å². The van der Waals surface area contributed by atoms with E-state index in [2.05, 4.69) is 10.3 Å². The molecule has 1 saturated heterocycles. The molecule has 0 unspecified atom stereocenters. The van der Waals surface area contributed by atoms with Crippen LogP contribution in [0.3, 0.4) is 0 Å². The molecule has 0 aliphatic carbocycles. The fraction of sp³-hybridized carbons (Fsp3) is 0.250. The molecule has 2 amide bonds. The highest BCUT2D eigenvalue weighted by Gasteiger charge is 2.30. The molecule has 11 heteroatoms. The van der Waals surface area contributed by atoms with Crippen LogP contribution in [0, 0.1) is 0 Å². The highest BCUT2D eigenvalue weighted by molar-refractivity contribution is 7.89. The Morgan fingerprint density at radius 3 is 2.52 bits per heavy atom. The lowest BCUT2D eigenvalue weighted by Crippen LogP contribution is -2.50. The first-order chi connectivity index (χ1) is 14.7. The van der Waals surface area contributed by atoms with Gasteiger partial charge in [0.1, 0.15) is 0 Å². The largest absolute Gasteiger partial charge is 0.336 e. The van der Waals surface area contributed by atoms with Crippen LogP contribution >= 0.6 is 11.3 Å². The second-order valence-electron chi connectivity index (χ2n) is 7.13. The first kappa shape index (κ1) is 21.2. The number of carbonyl (C=O) groups is 2. The molecule has 2 aromatic carbocycles. The van der Waals surface area contributed by atoms with E-state index in [0.29, 0.717) is 21.5 Å². The lowest BCUT2D eigenvalue weighted by Gasteiger charge is -2.34. The lowest BCUT2D eigenvalue weighted by molar-refractivity contribution is -0.114. The third-order valence-corrected chi connectivity index (χ3v) is 7.73. The molecule has 1 fully saturated rings. The first-order valence-corrected chi connectivity index (χ1v) is 11.8. The van der Waals surface area contributed by atoms with Gasteiger partial charge in [-0.3, -0.25) is 14.4 Å². The molecule has 31 heavy (non-hydrogen) atoms. The molecule has 2 N–H and O–H groups in total. The van der Waals surface area contributed by atoms with E-state index in [1.165, 1.54) is 23.4 Å². The monoisotopic (exact) mass is 460 g/mol. The van der Waals surface area contributed by atoms with Crippen molar-refractivity contribution in [3.8, 4) is 0 Å². The number of piperazine rings is 1. The molecule has 0 radical (unpaired) electrons. The molecule has 162 valence electrons. The Kier molecular flexibility index (Phi) is 5.65. The fourth-order valence-electron chi connectivity index (χ4n) is 3.48. The summed E-state index contributed by atoms with van der Waals surface area (Å²) in [7, 11) is -3.74. The Morgan fingerprint density at radius 1 is 1.06 bits per heavy atom. The lowest BCUT2D eigenvalue weighted by atomic mass is 10.1. The second-order valence-corrected chi connectivity index (χ2v) is 10.1. The van der Waals surface area contributed by atoms with Crippen molar-refractivity contribution in [3.63, 3.8) is 0 Å². The smallest absolute Gasteiger partial charge is 0.305 e. The zero-order chi connectivity index (χ0) is 22.2. The Hall–Kier alpha value is -3.02. The maximum atomic E-state index is 13.0. The average molecular weight is 461 g/mol. The zero-order valence-corrected chi connectivity index (χ0v) is 18.3. The molecule has 4 rings (SSSR count). The highest BCUT2D eigenvalue weighted by atomic mass is 32.2. The molecule has 3 aromatic rings. The predicted molar refractivity (Wildman–Crippen MR) is 118 cm³/mol. The van der Waals surface area contributed by atoms with Crippen LogP contribution in [0.4, 0.5) is 5.69 Å². The SMILES string of the molecule is CC(=O)Nc1cccc(C(=O)N2CCN(S(=O)(=O)c3ccc4[nH]c(=O)sc4c3)CC2)c1. The number of aromatic amines is 1. The van der Waals surface area contributed by atoms with Gasteiger partial charge in [0, 0.05) is 44.4 Å². The van der Waals surface area contributed by atoms with Gasteiger partial charge in [0.25, 0.3) is 5.91 Å². The van der Waals surface area contributed by atoms with Gasteiger partial charge in [0.05, 0.1) is 15.1 Å². The number of anilines is 1. The van der Waals surface area contributed by atoms with Crippen molar-refractivity contribution in [2.45, 2.75) is 11.8 Å². The number of sulfonamides is 1. The van der Waals surface area contributed by atoms with Crippen molar-refractivity contribution in [2.75, 3.05) is 31.5 Å². The quantitative estimate of drug-likeness (QED) is 0.614. The maximum absolute atomic E-state index is 13.0. The third kappa shape index (κ3) is 4.38. The Morgan fingerprint density at radius 2 is 1.81 bits per heavy atom. The Labute approximate surface area is 182 Å². The van der Waals surface area contributed by atoms with Crippen LogP contribution in [0.1, 0.15) is 17.3 Å². The Bertz CT molecular complexity index is 1320. The molecule has 0 spiro atoms. The topological polar surface area (TPSA) is 120 Å². The van der Waals surface area contributed by atoms with Crippen molar-refractivity contribution in [3.05, 3.63) is 57.7 Å². The predicted octanol–water partition coefficient (Wildman–Crippen LogP) is 1.69. The van der Waals surface area contributed by atoms with Crippen LogP contribution < -0.4 is 10.2 Å². The zero-order valence-electron chi connectivity index (χ0n) is 16.6. The van der Waals surface area contributed by atoms with Crippen LogP contribution in [0.5, 0.6) is 0 Å². The van der Waals surface area contributed by atoms with Crippen LogP contribution in [-0.2, 0) is 14.8 Å². The Balaban J connectivity index is 1.46. The number of carbonyl (C=O) groups excluding carboxylic acids is 2. The van der Waals surface area contributed by atoms with E-state index in [-0.39, 0.29) is 47.8 Å². The molecular weight excluding hydrogens is 440 g/mol. The van der Waals surface area contributed by atoms with Gasteiger partial charge in [-0.05, 0) is 36.4 Å². The number of fused-ring (bicyclic) bond motifs is 1. The number of rotatable bonds is 4. The summed E-state index contributed by atoms with van der Waals surface area (Å²) < 4.78 is 28.0. The fourth-order valence-corrected chi connectivity index (χ4v) is 5.78. The van der Waals surface area contributed by atoms with Gasteiger partial charge in [0.15, 0.2) is 0 Å². The van der Waals surface area contributed by atoms with Crippen molar-refractivity contribution in [1.82, 2.24) is 14.2 Å². The summed E-state index contributed by atoms with van der Waals surface area (Å²) in [6.07, 6.45) is 0. The minimum absolute atomic E-state index is 0.123. The highest BCUT2D eigenvalue weighted by Crippen LogP contribution is 2.24. The summed E-state index contributed by atoms with van der Waals surface area (Å²) in [5.74, 6) is -0.448. The molecule has 9 nitrogen and oxygen atoms in total. The summed E-state index contributed by atoms with van der Waals surface area (Å²) in [4.78, 5) is 39.7. The van der Waals surface area contributed by atoms with E-state index in [9.17, 15) is 22.8 Å². The van der Waals surface area contributed by atoms with Crippen LogP contribution in [0.2, 0.25) is 0 Å². The molecule has 1 aromatic heterocycles. The number of amides is 2. The van der Waals surface area contributed by atoms with Gasteiger partial charge >= 0.3 is 4.87 Å². The van der Waals surface area contributed by atoms with Crippen molar-refractivity contribution < 1.29 is 18.0 Å². The van der Waals surface area contributed by atoms with E-state index in [4.69, 9.17) is 0 Å². The number of benzene rings is 2. The molecule has 1 aliphatic rings. The number of H-pyrrole nitrogens is 1. The van der Waals surface area contributed by atoms with E-state index in [1.54, 1.807) is 35.2 Å². The van der Waals surface area contributed by atoms with Gasteiger partial charge < -0.3 is 15.2 Å². The number of hydrogen-bond acceptors (Lipinski definition) is 6. The van der Waals surface area contributed by atoms with Gasteiger partial charge in [0.2, 0.25) is 15.9 Å². The van der Waals surface area contributed by atoms with Gasteiger partial charge in [-0.15, -0.1) is 0 Å². The second kappa shape index (κ2) is 8.25. The molecule has 0 bridgehead atoms. The van der Waals surface area contributed by atoms with Crippen molar-refractivity contribution in [1.29, 1.82) is 0 Å². The average Bonchev–Trinajstić information content (AvgIpc) is 3.12. The normalized spacial score (nSPS) is 15.2. The summed E-state index contributed by atoms with van der Waals surface area (Å²) >= 11 is 0.963.